The summed E-state index contributed by atoms with van der Waals surface area (Å²) >= 11 is 0. The fourth-order valence-electron chi connectivity index (χ4n) is 3.62. The summed E-state index contributed by atoms with van der Waals surface area (Å²) in [6.07, 6.45) is 10.2. The largest absolute Gasteiger partial charge is 0.491 e. The maximum atomic E-state index is 14.5. The molecule has 3 aromatic rings. The third-order valence-electron chi connectivity index (χ3n) is 5.69. The molecule has 3 rings (SSSR count). The predicted octanol–water partition coefficient (Wildman–Crippen LogP) is 8.99. The van der Waals surface area contributed by atoms with Crippen molar-refractivity contribution < 1.29 is 17.9 Å². The Morgan fingerprint density at radius 1 is 0.727 bits per heavy atom. The van der Waals surface area contributed by atoms with Crippen molar-refractivity contribution in [2.24, 2.45) is 0 Å². The molecule has 0 saturated heterocycles. The van der Waals surface area contributed by atoms with Gasteiger partial charge in [0.15, 0.2) is 23.2 Å². The zero-order valence-corrected chi connectivity index (χ0v) is 19.3. The minimum atomic E-state index is -0.850. The maximum absolute atomic E-state index is 14.5. The van der Waals surface area contributed by atoms with Crippen LogP contribution in [0, 0.1) is 24.4 Å². The number of benzene rings is 3. The van der Waals surface area contributed by atoms with Crippen LogP contribution in [0.15, 0.2) is 54.6 Å². The van der Waals surface area contributed by atoms with Crippen LogP contribution in [0.4, 0.5) is 13.2 Å². The highest BCUT2D eigenvalue weighted by molar-refractivity contribution is 5.72. The molecule has 33 heavy (non-hydrogen) atoms. The summed E-state index contributed by atoms with van der Waals surface area (Å²) in [6.45, 7) is 4.25. The van der Waals surface area contributed by atoms with Gasteiger partial charge in [-0.25, -0.2) is 13.2 Å². The molecule has 0 amide bonds. The van der Waals surface area contributed by atoms with Crippen LogP contribution in [0.5, 0.6) is 5.75 Å². The Bertz CT molecular complexity index is 1070. The van der Waals surface area contributed by atoms with Gasteiger partial charge in [-0.1, -0.05) is 93.6 Å². The van der Waals surface area contributed by atoms with Crippen LogP contribution in [0.1, 0.15) is 62.1 Å². The van der Waals surface area contributed by atoms with E-state index in [1.807, 2.05) is 30.3 Å². The SMILES string of the molecule is CCCCCCCCOc1ccc(-c2ccc(/C=C/c3ccc(C)c(F)c3F)cc2)cc1F. The lowest BCUT2D eigenvalue weighted by atomic mass is 10.0. The van der Waals surface area contributed by atoms with Crippen LogP contribution < -0.4 is 4.74 Å². The molecule has 0 fully saturated rings. The van der Waals surface area contributed by atoms with Crippen molar-refractivity contribution in [1.29, 1.82) is 0 Å². The molecule has 0 aliphatic rings. The van der Waals surface area contributed by atoms with Crippen LogP contribution in [0.25, 0.3) is 23.3 Å². The molecule has 0 atom stereocenters. The van der Waals surface area contributed by atoms with Crippen LogP contribution in [-0.2, 0) is 0 Å². The van der Waals surface area contributed by atoms with E-state index in [1.165, 1.54) is 38.7 Å². The molecular weight excluding hydrogens is 421 g/mol. The van der Waals surface area contributed by atoms with E-state index in [1.54, 1.807) is 30.4 Å². The molecule has 3 aromatic carbocycles. The Hall–Kier alpha value is -3.01. The molecule has 0 unspecified atom stereocenters. The van der Waals surface area contributed by atoms with Crippen molar-refractivity contribution in [2.75, 3.05) is 6.61 Å². The van der Waals surface area contributed by atoms with Gasteiger partial charge in [0.25, 0.3) is 0 Å². The molecule has 4 heteroatoms. The Balaban J connectivity index is 1.58. The third kappa shape index (κ3) is 6.98. The molecule has 0 aromatic heterocycles. The van der Waals surface area contributed by atoms with Gasteiger partial charge in [-0.3, -0.25) is 0 Å². The molecule has 0 aliphatic heterocycles. The van der Waals surface area contributed by atoms with E-state index in [9.17, 15) is 13.2 Å². The Kier molecular flexibility index (Phi) is 9.17. The summed E-state index contributed by atoms with van der Waals surface area (Å²) in [5.41, 5.74) is 2.92. The molecule has 1 nitrogen and oxygen atoms in total. The van der Waals surface area contributed by atoms with Crippen LogP contribution in [0.3, 0.4) is 0 Å². The van der Waals surface area contributed by atoms with E-state index in [0.717, 1.165) is 29.5 Å². The zero-order valence-electron chi connectivity index (χ0n) is 19.3. The van der Waals surface area contributed by atoms with Crippen LogP contribution >= 0.6 is 0 Å². The second kappa shape index (κ2) is 12.3. The summed E-state index contributed by atoms with van der Waals surface area (Å²) in [5.74, 6) is -1.77. The summed E-state index contributed by atoms with van der Waals surface area (Å²) in [5, 5.41) is 0. The number of rotatable bonds is 11. The molecule has 0 heterocycles. The van der Waals surface area contributed by atoms with E-state index >= 15 is 0 Å². The van der Waals surface area contributed by atoms with Gasteiger partial charge in [0.1, 0.15) is 0 Å². The Morgan fingerprint density at radius 3 is 2.15 bits per heavy atom. The minimum absolute atomic E-state index is 0.195. The molecule has 0 aliphatic carbocycles. The van der Waals surface area contributed by atoms with Crippen molar-refractivity contribution >= 4 is 12.2 Å². The highest BCUT2D eigenvalue weighted by atomic mass is 19.2. The van der Waals surface area contributed by atoms with E-state index in [4.69, 9.17) is 4.74 Å². The second-order valence-corrected chi connectivity index (χ2v) is 8.32. The second-order valence-electron chi connectivity index (χ2n) is 8.32. The van der Waals surface area contributed by atoms with Gasteiger partial charge in [-0.2, -0.15) is 0 Å². The number of ether oxygens (including phenoxy) is 1. The summed E-state index contributed by atoms with van der Waals surface area (Å²) in [6, 6.07) is 15.6. The maximum Gasteiger partial charge on any atom is 0.166 e. The average Bonchev–Trinajstić information content (AvgIpc) is 2.83. The monoisotopic (exact) mass is 452 g/mol. The third-order valence-corrected chi connectivity index (χ3v) is 5.69. The lowest BCUT2D eigenvalue weighted by Crippen LogP contribution is -1.99. The van der Waals surface area contributed by atoms with Gasteiger partial charge in [-0.05, 0) is 47.7 Å². The lowest BCUT2D eigenvalue weighted by Gasteiger charge is -2.09. The number of aryl methyl sites for hydroxylation is 1. The van der Waals surface area contributed by atoms with Crippen molar-refractivity contribution in [3.05, 3.63) is 88.7 Å². The first-order valence-electron chi connectivity index (χ1n) is 11.6. The van der Waals surface area contributed by atoms with Crippen molar-refractivity contribution in [2.45, 2.75) is 52.4 Å². The predicted molar refractivity (Wildman–Crippen MR) is 131 cm³/mol. The van der Waals surface area contributed by atoms with Gasteiger partial charge < -0.3 is 4.74 Å². The van der Waals surface area contributed by atoms with Gasteiger partial charge in [0.2, 0.25) is 0 Å². The van der Waals surface area contributed by atoms with Gasteiger partial charge in [-0.15, -0.1) is 0 Å². The molecule has 0 bridgehead atoms. The molecular formula is C29H31F3O. The van der Waals surface area contributed by atoms with E-state index in [-0.39, 0.29) is 22.7 Å². The normalized spacial score (nSPS) is 11.3. The summed E-state index contributed by atoms with van der Waals surface area (Å²) in [7, 11) is 0. The highest BCUT2D eigenvalue weighted by Crippen LogP contribution is 2.27. The number of hydrogen-bond acceptors (Lipinski definition) is 1. The fraction of sp³-hybridized carbons (Fsp3) is 0.310. The van der Waals surface area contributed by atoms with Gasteiger partial charge in [0.05, 0.1) is 6.61 Å². The van der Waals surface area contributed by atoms with Crippen molar-refractivity contribution in [3.8, 4) is 16.9 Å². The molecule has 0 saturated carbocycles. The highest BCUT2D eigenvalue weighted by Gasteiger charge is 2.09. The summed E-state index contributed by atoms with van der Waals surface area (Å²) in [4.78, 5) is 0. The van der Waals surface area contributed by atoms with Crippen molar-refractivity contribution in [1.82, 2.24) is 0 Å². The Labute approximate surface area is 194 Å². The van der Waals surface area contributed by atoms with Crippen LogP contribution in [-0.4, -0.2) is 6.61 Å². The Morgan fingerprint density at radius 2 is 1.42 bits per heavy atom. The lowest BCUT2D eigenvalue weighted by molar-refractivity contribution is 0.290. The first kappa shape index (κ1) is 24.6. The quantitative estimate of drug-likeness (QED) is 0.208. The van der Waals surface area contributed by atoms with E-state index in [0.29, 0.717) is 6.61 Å². The average molecular weight is 453 g/mol. The first-order chi connectivity index (χ1) is 16.0. The molecule has 174 valence electrons. The fourth-order valence-corrected chi connectivity index (χ4v) is 3.62. The standard InChI is InChI=1S/C29H31F3O/c1-3-4-5-6-7-8-19-33-27-18-17-25(20-26(27)30)23-14-10-22(11-15-23)12-16-24-13-9-21(2)28(31)29(24)32/h9-18,20H,3-8,19H2,1-2H3/b16-12+. The molecule has 0 spiro atoms. The number of halogens is 3. The number of hydrogen-bond donors (Lipinski definition) is 0. The first-order valence-corrected chi connectivity index (χ1v) is 11.6. The van der Waals surface area contributed by atoms with Crippen molar-refractivity contribution in [3.63, 3.8) is 0 Å². The van der Waals surface area contributed by atoms with Crippen LogP contribution in [0.2, 0.25) is 0 Å². The topological polar surface area (TPSA) is 9.23 Å². The van der Waals surface area contributed by atoms with E-state index < -0.39 is 11.6 Å². The van der Waals surface area contributed by atoms with Gasteiger partial charge in [0, 0.05) is 5.56 Å². The summed E-state index contributed by atoms with van der Waals surface area (Å²) < 4.78 is 47.8. The zero-order chi connectivity index (χ0) is 23.6. The number of unbranched alkanes of at least 4 members (excludes halogenated alkanes) is 5. The molecule has 0 radical (unpaired) electrons. The smallest absolute Gasteiger partial charge is 0.166 e. The minimum Gasteiger partial charge on any atom is -0.491 e. The molecule has 0 N–H and O–H groups in total. The van der Waals surface area contributed by atoms with Gasteiger partial charge >= 0.3 is 0 Å². The van der Waals surface area contributed by atoms with E-state index in [2.05, 4.69) is 6.92 Å².